The average Bonchev–Trinajstić information content (AvgIpc) is 3.41. The van der Waals surface area contributed by atoms with Gasteiger partial charge >= 0.3 is 24.5 Å². The first-order chi connectivity index (χ1) is 19.2. The monoisotopic (exact) mass is 608 g/mol. The molecule has 16 heteroatoms. The van der Waals surface area contributed by atoms with E-state index in [1.165, 1.54) is 23.0 Å². The maximum Gasteiger partial charge on any atom is 0.410 e. The Morgan fingerprint density at radius 2 is 1.81 bits per heavy atom. The van der Waals surface area contributed by atoms with Crippen LogP contribution in [0.5, 0.6) is 0 Å². The third kappa shape index (κ3) is 7.55. The summed E-state index contributed by atoms with van der Waals surface area (Å²) in [6, 6.07) is -3.66. The third-order valence-corrected chi connectivity index (χ3v) is 7.00. The predicted molar refractivity (Wildman–Crippen MR) is 136 cm³/mol. The van der Waals surface area contributed by atoms with Crippen molar-refractivity contribution in [2.75, 3.05) is 13.2 Å². The van der Waals surface area contributed by atoms with E-state index in [-0.39, 0.29) is 24.1 Å². The molecule has 2 aromatic rings. The number of nitrogens with one attached hydrogen (secondary N) is 2. The fourth-order valence-electron chi connectivity index (χ4n) is 4.40. The van der Waals surface area contributed by atoms with Crippen molar-refractivity contribution in [2.24, 2.45) is 5.41 Å². The van der Waals surface area contributed by atoms with Crippen molar-refractivity contribution in [2.45, 2.75) is 96.1 Å². The first-order valence-electron chi connectivity index (χ1n) is 13.4. The quantitative estimate of drug-likeness (QED) is 0.367. The molecule has 1 saturated carbocycles. The number of fused-ring (bicyclic) bond motifs is 1. The molecule has 3 heterocycles. The van der Waals surface area contributed by atoms with E-state index in [0.29, 0.717) is 5.56 Å². The first-order valence-corrected chi connectivity index (χ1v) is 13.4. The molecule has 1 saturated heterocycles. The van der Waals surface area contributed by atoms with Crippen molar-refractivity contribution >= 4 is 17.8 Å². The van der Waals surface area contributed by atoms with Crippen LogP contribution in [0.15, 0.2) is 18.5 Å². The van der Waals surface area contributed by atoms with Gasteiger partial charge < -0.3 is 25.0 Å². The first kappa shape index (κ1) is 31.6. The fraction of sp³-hybridized carbons (Fsp3) is 0.692. The second-order valence-electron chi connectivity index (χ2n) is 12.3. The molecule has 0 aromatic carbocycles. The van der Waals surface area contributed by atoms with Crippen LogP contribution in [0.3, 0.4) is 0 Å². The number of alkyl halides is 6. The van der Waals surface area contributed by atoms with Crippen LogP contribution in [0.1, 0.15) is 77.2 Å². The van der Waals surface area contributed by atoms with Gasteiger partial charge in [0.1, 0.15) is 11.6 Å². The van der Waals surface area contributed by atoms with Gasteiger partial charge in [0.2, 0.25) is 0 Å². The SMILES string of the molecule is CC(C)(C)OC(=O)N[C@@H](CC(C)(C)C(F)(F)F)c1cn2ncc([C@@H](COC3CC3)N3C[C@@H](C(F)(F)F)NC3=O)cc2n1. The number of aromatic nitrogens is 3. The Morgan fingerprint density at radius 1 is 1.14 bits per heavy atom. The predicted octanol–water partition coefficient (Wildman–Crippen LogP) is 5.45. The Morgan fingerprint density at radius 3 is 2.36 bits per heavy atom. The number of ether oxygens (including phenoxy) is 2. The molecular weight excluding hydrogens is 574 g/mol. The summed E-state index contributed by atoms with van der Waals surface area (Å²) in [7, 11) is 0. The summed E-state index contributed by atoms with van der Waals surface area (Å²) in [6.45, 7) is 6.11. The maximum absolute atomic E-state index is 13.8. The molecule has 0 spiro atoms. The Balaban J connectivity index is 1.65. The van der Waals surface area contributed by atoms with Crippen molar-refractivity contribution < 1.29 is 45.4 Å². The molecule has 2 aromatic heterocycles. The smallest absolute Gasteiger partial charge is 0.410 e. The third-order valence-electron chi connectivity index (χ3n) is 7.00. The molecule has 1 aliphatic heterocycles. The number of carbonyl (C=O) groups is 2. The number of halogens is 6. The second-order valence-corrected chi connectivity index (χ2v) is 12.3. The lowest BCUT2D eigenvalue weighted by atomic mass is 9.84. The van der Waals surface area contributed by atoms with Crippen molar-refractivity contribution in [3.63, 3.8) is 0 Å². The number of hydrogen-bond acceptors (Lipinski definition) is 6. The van der Waals surface area contributed by atoms with Gasteiger partial charge in [-0.2, -0.15) is 31.4 Å². The normalized spacial score (nSPS) is 20.0. The van der Waals surface area contributed by atoms with Gasteiger partial charge in [0.15, 0.2) is 5.65 Å². The van der Waals surface area contributed by atoms with Crippen LogP contribution in [-0.4, -0.2) is 74.9 Å². The highest BCUT2D eigenvalue weighted by atomic mass is 19.4. The van der Waals surface area contributed by atoms with E-state index in [9.17, 15) is 35.9 Å². The molecule has 2 N–H and O–H groups in total. The van der Waals surface area contributed by atoms with Gasteiger partial charge in [0.25, 0.3) is 0 Å². The molecule has 234 valence electrons. The zero-order chi connectivity index (χ0) is 31.3. The Hall–Kier alpha value is -3.30. The molecular formula is C26H34F6N6O4. The van der Waals surface area contributed by atoms with Gasteiger partial charge in [0, 0.05) is 5.56 Å². The van der Waals surface area contributed by atoms with Crippen LogP contribution in [0.2, 0.25) is 0 Å². The molecule has 3 amide bonds. The number of imidazole rings is 1. The van der Waals surface area contributed by atoms with E-state index in [1.807, 2.05) is 5.32 Å². The summed E-state index contributed by atoms with van der Waals surface area (Å²) in [5.41, 5.74) is -2.60. The lowest BCUT2D eigenvalue weighted by Crippen LogP contribution is -2.40. The number of carbonyl (C=O) groups excluding carboxylic acids is 2. The molecule has 2 fully saturated rings. The van der Waals surface area contributed by atoms with Crippen LogP contribution >= 0.6 is 0 Å². The van der Waals surface area contributed by atoms with Gasteiger partial charge in [-0.3, -0.25) is 0 Å². The van der Waals surface area contributed by atoms with Crippen LogP contribution in [0, 0.1) is 5.41 Å². The fourth-order valence-corrected chi connectivity index (χ4v) is 4.40. The lowest BCUT2D eigenvalue weighted by molar-refractivity contribution is -0.215. The van der Waals surface area contributed by atoms with Gasteiger partial charge in [0.05, 0.1) is 54.8 Å². The number of alkyl carbamates (subject to hydrolysis) is 1. The summed E-state index contributed by atoms with van der Waals surface area (Å²) in [6.07, 6.45) is -6.52. The van der Waals surface area contributed by atoms with Crippen LogP contribution in [0.4, 0.5) is 35.9 Å². The van der Waals surface area contributed by atoms with Gasteiger partial charge in [-0.1, -0.05) is 13.8 Å². The van der Waals surface area contributed by atoms with Crippen molar-refractivity contribution in [1.82, 2.24) is 30.1 Å². The topological polar surface area (TPSA) is 110 Å². The van der Waals surface area contributed by atoms with E-state index >= 15 is 0 Å². The van der Waals surface area contributed by atoms with E-state index in [0.717, 1.165) is 31.6 Å². The summed E-state index contributed by atoms with van der Waals surface area (Å²) in [5, 5.41) is 8.66. The highest BCUT2D eigenvalue weighted by molar-refractivity contribution is 5.77. The number of rotatable bonds is 9. The standard InChI is InChI=1S/C26H34F6N6O4/c1-23(2,3)42-22(40)35-16(9-24(4,5)26(30,31)32)17-11-38-20(34-17)8-14(10-33-38)18(13-41-15-6-7-15)37-12-19(25(27,28)29)36-21(37)39/h8,10-11,15-16,18-19H,6-7,9,12-13H2,1-5H3,(H,35,40)(H,36,39)/t16-,18+,19-/m0/s1. The summed E-state index contributed by atoms with van der Waals surface area (Å²) >= 11 is 0. The van der Waals surface area contributed by atoms with E-state index in [1.54, 1.807) is 20.8 Å². The Labute approximate surface area is 238 Å². The molecule has 0 unspecified atom stereocenters. The van der Waals surface area contributed by atoms with E-state index in [2.05, 4.69) is 15.4 Å². The average molecular weight is 609 g/mol. The number of nitrogens with zero attached hydrogens (tertiary/aromatic N) is 4. The molecule has 1 aliphatic carbocycles. The summed E-state index contributed by atoms with van der Waals surface area (Å²) in [4.78, 5) is 30.5. The second kappa shape index (κ2) is 11.1. The van der Waals surface area contributed by atoms with Gasteiger partial charge in [-0.15, -0.1) is 0 Å². The molecule has 2 aliphatic rings. The number of amides is 3. The molecule has 10 nitrogen and oxygen atoms in total. The minimum atomic E-state index is -4.65. The van der Waals surface area contributed by atoms with Crippen LogP contribution in [-0.2, 0) is 9.47 Å². The Kier molecular flexibility index (Phi) is 8.34. The zero-order valence-electron chi connectivity index (χ0n) is 23.8. The van der Waals surface area contributed by atoms with E-state index < -0.39 is 66.6 Å². The minimum Gasteiger partial charge on any atom is -0.444 e. The molecule has 0 bridgehead atoms. The highest BCUT2D eigenvalue weighted by Crippen LogP contribution is 2.44. The van der Waals surface area contributed by atoms with Crippen molar-refractivity contribution in [3.05, 3.63) is 29.7 Å². The summed E-state index contributed by atoms with van der Waals surface area (Å²) in [5.74, 6) is 0. The number of urea groups is 1. The van der Waals surface area contributed by atoms with Crippen LogP contribution < -0.4 is 10.6 Å². The van der Waals surface area contributed by atoms with Crippen molar-refractivity contribution in [1.29, 1.82) is 0 Å². The zero-order valence-corrected chi connectivity index (χ0v) is 23.8. The number of hydrogen-bond donors (Lipinski definition) is 2. The van der Waals surface area contributed by atoms with E-state index in [4.69, 9.17) is 9.47 Å². The molecule has 42 heavy (non-hydrogen) atoms. The lowest BCUT2D eigenvalue weighted by Gasteiger charge is -2.32. The molecule has 3 atom stereocenters. The molecule has 4 rings (SSSR count). The Bertz CT molecular complexity index is 1300. The summed E-state index contributed by atoms with van der Waals surface area (Å²) < 4.78 is 93.6. The highest BCUT2D eigenvalue weighted by Gasteiger charge is 2.50. The largest absolute Gasteiger partial charge is 0.444 e. The van der Waals surface area contributed by atoms with Gasteiger partial charge in [-0.25, -0.2) is 19.1 Å². The van der Waals surface area contributed by atoms with Crippen LogP contribution in [0.25, 0.3) is 5.65 Å². The minimum absolute atomic E-state index is 0.0528. The van der Waals surface area contributed by atoms with Crippen molar-refractivity contribution in [3.8, 4) is 0 Å². The van der Waals surface area contributed by atoms with Gasteiger partial charge in [-0.05, 0) is 46.1 Å². The molecule has 0 radical (unpaired) electrons. The maximum atomic E-state index is 13.8.